The molecule has 0 spiro atoms. The maximum absolute atomic E-state index is 13.8. The normalized spacial score (nSPS) is 12.4. The summed E-state index contributed by atoms with van der Waals surface area (Å²) in [5, 5.41) is 0. The summed E-state index contributed by atoms with van der Waals surface area (Å²) in [6.07, 6.45) is 2.19. The van der Waals surface area contributed by atoms with Crippen LogP contribution in [0.15, 0.2) is 30.5 Å². The van der Waals surface area contributed by atoms with Gasteiger partial charge < -0.3 is 0 Å². The van der Waals surface area contributed by atoms with Gasteiger partial charge in [0, 0.05) is 6.20 Å². The number of halogens is 1. The van der Waals surface area contributed by atoms with Crippen LogP contribution in [0.25, 0.3) is 0 Å². The number of rotatable bonds is 4. The molecule has 1 heterocycles. The van der Waals surface area contributed by atoms with E-state index in [9.17, 15) is 4.39 Å². The Morgan fingerprint density at radius 1 is 1.25 bits per heavy atom. The molecule has 0 fully saturated rings. The van der Waals surface area contributed by atoms with Gasteiger partial charge in [-0.2, -0.15) is 0 Å². The summed E-state index contributed by atoms with van der Waals surface area (Å²) < 4.78 is 13.8. The molecule has 1 aromatic heterocycles. The standard InChI is InChI=1S/C16H20FN3/c1-10-7-11(2)13(12(3)8-10)9-15(20-18)16-14(17)5-4-6-19-16/h4-8,15,20H,9,18H2,1-3H3. The Morgan fingerprint density at radius 2 is 1.90 bits per heavy atom. The van der Waals surface area contributed by atoms with E-state index in [1.807, 2.05) is 0 Å². The van der Waals surface area contributed by atoms with Gasteiger partial charge in [0.05, 0.1) is 11.7 Å². The summed E-state index contributed by atoms with van der Waals surface area (Å²) in [5.41, 5.74) is 7.83. The van der Waals surface area contributed by atoms with Crippen LogP contribution in [0.3, 0.4) is 0 Å². The number of nitrogens with zero attached hydrogens (tertiary/aromatic N) is 1. The van der Waals surface area contributed by atoms with Gasteiger partial charge in [0.2, 0.25) is 0 Å². The summed E-state index contributed by atoms with van der Waals surface area (Å²) in [4.78, 5) is 4.10. The van der Waals surface area contributed by atoms with E-state index in [-0.39, 0.29) is 11.9 Å². The van der Waals surface area contributed by atoms with Gasteiger partial charge in [0.15, 0.2) is 0 Å². The molecule has 3 N–H and O–H groups in total. The number of pyridine rings is 1. The first-order valence-corrected chi connectivity index (χ1v) is 6.66. The van der Waals surface area contributed by atoms with Gasteiger partial charge in [-0.25, -0.2) is 4.39 Å². The minimum Gasteiger partial charge on any atom is -0.271 e. The van der Waals surface area contributed by atoms with E-state index in [1.54, 1.807) is 12.3 Å². The van der Waals surface area contributed by atoms with Gasteiger partial charge >= 0.3 is 0 Å². The van der Waals surface area contributed by atoms with Crippen molar-refractivity contribution in [3.05, 3.63) is 64.2 Å². The summed E-state index contributed by atoms with van der Waals surface area (Å²) >= 11 is 0. The Balaban J connectivity index is 2.35. The summed E-state index contributed by atoms with van der Waals surface area (Å²) in [6.45, 7) is 6.20. The fourth-order valence-corrected chi connectivity index (χ4v) is 2.62. The van der Waals surface area contributed by atoms with Gasteiger partial charge in [0.25, 0.3) is 0 Å². The molecule has 0 amide bonds. The highest BCUT2D eigenvalue weighted by Gasteiger charge is 2.18. The van der Waals surface area contributed by atoms with Crippen LogP contribution in [0.2, 0.25) is 0 Å². The zero-order chi connectivity index (χ0) is 14.7. The molecule has 0 bridgehead atoms. The van der Waals surface area contributed by atoms with Crippen LogP contribution in [0.5, 0.6) is 0 Å². The Morgan fingerprint density at radius 3 is 2.45 bits per heavy atom. The summed E-state index contributed by atoms with van der Waals surface area (Å²) in [7, 11) is 0. The van der Waals surface area contributed by atoms with Gasteiger partial charge in [-0.05, 0) is 56.0 Å². The number of aryl methyl sites for hydroxylation is 3. The number of aromatic nitrogens is 1. The molecule has 3 nitrogen and oxygen atoms in total. The molecule has 0 saturated heterocycles. The Labute approximate surface area is 119 Å². The quantitative estimate of drug-likeness (QED) is 0.665. The van der Waals surface area contributed by atoms with Crippen LogP contribution in [0.4, 0.5) is 4.39 Å². The average Bonchev–Trinajstić information content (AvgIpc) is 2.39. The molecule has 106 valence electrons. The highest BCUT2D eigenvalue weighted by atomic mass is 19.1. The van der Waals surface area contributed by atoms with Gasteiger partial charge in [-0.1, -0.05) is 17.7 Å². The molecule has 0 aliphatic carbocycles. The van der Waals surface area contributed by atoms with E-state index >= 15 is 0 Å². The monoisotopic (exact) mass is 273 g/mol. The van der Waals surface area contributed by atoms with E-state index < -0.39 is 0 Å². The van der Waals surface area contributed by atoms with Crippen molar-refractivity contribution >= 4 is 0 Å². The van der Waals surface area contributed by atoms with E-state index in [0.29, 0.717) is 12.1 Å². The lowest BCUT2D eigenvalue weighted by molar-refractivity contribution is 0.493. The lowest BCUT2D eigenvalue weighted by Gasteiger charge is -2.19. The number of benzene rings is 1. The maximum atomic E-state index is 13.8. The Hall–Kier alpha value is -1.78. The Kier molecular flexibility index (Phi) is 4.47. The van der Waals surface area contributed by atoms with Crippen LogP contribution in [0.1, 0.15) is 34.0 Å². The molecule has 0 aliphatic rings. The second kappa shape index (κ2) is 6.11. The number of nitrogens with one attached hydrogen (secondary N) is 1. The lowest BCUT2D eigenvalue weighted by atomic mass is 9.93. The second-order valence-electron chi connectivity index (χ2n) is 5.17. The lowest BCUT2D eigenvalue weighted by Crippen LogP contribution is -2.31. The zero-order valence-corrected chi connectivity index (χ0v) is 12.1. The first-order chi connectivity index (χ1) is 9.52. The maximum Gasteiger partial charge on any atom is 0.146 e. The highest BCUT2D eigenvalue weighted by molar-refractivity contribution is 5.38. The van der Waals surface area contributed by atoms with Crippen molar-refractivity contribution in [3.63, 3.8) is 0 Å². The molecule has 20 heavy (non-hydrogen) atoms. The molecule has 4 heteroatoms. The molecule has 0 saturated carbocycles. The number of hydrazine groups is 1. The van der Waals surface area contributed by atoms with Crippen molar-refractivity contribution < 1.29 is 4.39 Å². The van der Waals surface area contributed by atoms with Crippen molar-refractivity contribution in [2.24, 2.45) is 5.84 Å². The first kappa shape index (κ1) is 14.6. The van der Waals surface area contributed by atoms with Crippen LogP contribution in [-0.2, 0) is 6.42 Å². The average molecular weight is 273 g/mol. The predicted molar refractivity (Wildman–Crippen MR) is 78.6 cm³/mol. The molecule has 1 unspecified atom stereocenters. The van der Waals surface area contributed by atoms with Crippen molar-refractivity contribution in [2.45, 2.75) is 33.2 Å². The Bertz CT molecular complexity index is 587. The molecule has 1 atom stereocenters. The molecular formula is C16H20FN3. The van der Waals surface area contributed by atoms with Gasteiger partial charge in [0.1, 0.15) is 5.82 Å². The smallest absolute Gasteiger partial charge is 0.146 e. The fourth-order valence-electron chi connectivity index (χ4n) is 2.62. The number of nitrogens with two attached hydrogens (primary N) is 1. The number of hydrogen-bond donors (Lipinski definition) is 2. The van der Waals surface area contributed by atoms with Crippen molar-refractivity contribution in [2.75, 3.05) is 0 Å². The van der Waals surface area contributed by atoms with Crippen LogP contribution in [-0.4, -0.2) is 4.98 Å². The molecule has 1 aromatic carbocycles. The SMILES string of the molecule is Cc1cc(C)c(CC(NN)c2ncccc2F)c(C)c1. The van der Waals surface area contributed by atoms with E-state index in [0.717, 1.165) is 0 Å². The fraction of sp³-hybridized carbons (Fsp3) is 0.312. The van der Waals surface area contributed by atoms with E-state index in [1.165, 1.54) is 28.3 Å². The topological polar surface area (TPSA) is 50.9 Å². The van der Waals surface area contributed by atoms with E-state index in [4.69, 9.17) is 5.84 Å². The third kappa shape index (κ3) is 3.03. The summed E-state index contributed by atoms with van der Waals surface area (Å²) in [5.74, 6) is 5.26. The molecule has 2 rings (SSSR count). The largest absolute Gasteiger partial charge is 0.271 e. The number of hydrogen-bond acceptors (Lipinski definition) is 3. The van der Waals surface area contributed by atoms with Crippen LogP contribution >= 0.6 is 0 Å². The minimum absolute atomic E-state index is 0.335. The molecule has 0 aliphatic heterocycles. The van der Waals surface area contributed by atoms with E-state index in [2.05, 4.69) is 43.3 Å². The van der Waals surface area contributed by atoms with Gasteiger partial charge in [-0.15, -0.1) is 0 Å². The molecule has 0 radical (unpaired) electrons. The van der Waals surface area contributed by atoms with Crippen molar-refractivity contribution in [1.82, 2.24) is 10.4 Å². The molecule has 2 aromatic rings. The zero-order valence-electron chi connectivity index (χ0n) is 12.1. The van der Waals surface area contributed by atoms with Crippen LogP contribution < -0.4 is 11.3 Å². The first-order valence-electron chi connectivity index (χ1n) is 6.66. The molecular weight excluding hydrogens is 253 g/mol. The predicted octanol–water partition coefficient (Wildman–Crippen LogP) is 2.89. The minimum atomic E-state index is -0.337. The third-order valence-corrected chi connectivity index (χ3v) is 3.57. The third-order valence-electron chi connectivity index (χ3n) is 3.57. The second-order valence-corrected chi connectivity index (χ2v) is 5.17. The highest BCUT2D eigenvalue weighted by Crippen LogP contribution is 2.24. The van der Waals surface area contributed by atoms with Gasteiger partial charge in [-0.3, -0.25) is 16.3 Å². The van der Waals surface area contributed by atoms with Crippen molar-refractivity contribution in [3.8, 4) is 0 Å². The summed E-state index contributed by atoms with van der Waals surface area (Å²) in [6, 6.07) is 6.91. The van der Waals surface area contributed by atoms with Crippen LogP contribution in [0, 0.1) is 26.6 Å². The van der Waals surface area contributed by atoms with Crippen molar-refractivity contribution in [1.29, 1.82) is 0 Å².